The van der Waals surface area contributed by atoms with Crippen molar-refractivity contribution in [2.75, 3.05) is 25.1 Å². The number of amides is 1. The maximum Gasteiger partial charge on any atom is 0.305 e. The van der Waals surface area contributed by atoms with E-state index in [2.05, 4.69) is 10.6 Å². The maximum atomic E-state index is 12.1. The van der Waals surface area contributed by atoms with E-state index in [9.17, 15) is 19.7 Å². The number of carboxylic acids is 1. The molecule has 1 aromatic carbocycles. The van der Waals surface area contributed by atoms with Crippen LogP contribution in [0, 0.1) is 10.1 Å². The van der Waals surface area contributed by atoms with E-state index in [1.165, 1.54) is 12.1 Å². The molecule has 0 bridgehead atoms. The van der Waals surface area contributed by atoms with Crippen LogP contribution in [0.1, 0.15) is 25.7 Å². The smallest absolute Gasteiger partial charge is 0.305 e. The van der Waals surface area contributed by atoms with E-state index in [0.29, 0.717) is 26.0 Å². The summed E-state index contributed by atoms with van der Waals surface area (Å²) in [4.78, 5) is 33.1. The standard InChI is InChI=1S/C16H21N3O6/c20-14(18-16(10-15(21)22)7-9-25-11-16)2-1-8-17-12-3-5-13(6-4-12)19(23)24/h3-6,17H,1-2,7-11H2,(H,18,20)(H,21,22). The van der Waals surface area contributed by atoms with Crippen molar-refractivity contribution in [3.8, 4) is 0 Å². The Balaban J connectivity index is 1.72. The largest absolute Gasteiger partial charge is 0.481 e. The number of carboxylic acid groups (broad SMARTS) is 1. The fourth-order valence-corrected chi connectivity index (χ4v) is 2.72. The molecule has 1 heterocycles. The van der Waals surface area contributed by atoms with Gasteiger partial charge in [0, 0.05) is 37.4 Å². The molecule has 1 aromatic rings. The molecule has 1 amide bonds. The van der Waals surface area contributed by atoms with Gasteiger partial charge in [0.2, 0.25) is 5.91 Å². The molecule has 1 aliphatic heterocycles. The molecule has 9 heteroatoms. The Morgan fingerprint density at radius 3 is 2.60 bits per heavy atom. The lowest BCUT2D eigenvalue weighted by Gasteiger charge is -2.27. The molecule has 0 aromatic heterocycles. The highest BCUT2D eigenvalue weighted by molar-refractivity contribution is 5.78. The van der Waals surface area contributed by atoms with Gasteiger partial charge < -0.3 is 20.5 Å². The van der Waals surface area contributed by atoms with Crippen molar-refractivity contribution in [1.82, 2.24) is 5.32 Å². The van der Waals surface area contributed by atoms with Crippen LogP contribution in [0.3, 0.4) is 0 Å². The molecule has 1 atom stereocenters. The minimum absolute atomic E-state index is 0.0208. The fraction of sp³-hybridized carbons (Fsp3) is 0.500. The van der Waals surface area contributed by atoms with Crippen molar-refractivity contribution < 1.29 is 24.4 Å². The van der Waals surface area contributed by atoms with Gasteiger partial charge in [0.15, 0.2) is 0 Å². The van der Waals surface area contributed by atoms with Crippen molar-refractivity contribution in [2.24, 2.45) is 0 Å². The summed E-state index contributed by atoms with van der Waals surface area (Å²) in [6, 6.07) is 6.03. The van der Waals surface area contributed by atoms with E-state index in [-0.39, 0.29) is 31.0 Å². The molecule has 0 aliphatic carbocycles. The molecule has 1 unspecified atom stereocenters. The number of ether oxygens (including phenoxy) is 1. The Hall–Kier alpha value is -2.68. The number of anilines is 1. The van der Waals surface area contributed by atoms with E-state index in [1.807, 2.05) is 0 Å². The Morgan fingerprint density at radius 2 is 2.04 bits per heavy atom. The first kappa shape index (κ1) is 18.7. The monoisotopic (exact) mass is 351 g/mol. The fourth-order valence-electron chi connectivity index (χ4n) is 2.72. The molecule has 1 saturated heterocycles. The normalized spacial score (nSPS) is 19.4. The summed E-state index contributed by atoms with van der Waals surface area (Å²) in [5.74, 6) is -1.18. The molecule has 1 aliphatic rings. The Labute approximate surface area is 144 Å². The first-order valence-corrected chi connectivity index (χ1v) is 7.99. The van der Waals surface area contributed by atoms with Crippen molar-refractivity contribution in [1.29, 1.82) is 0 Å². The molecule has 1 fully saturated rings. The first-order chi connectivity index (χ1) is 11.9. The van der Waals surface area contributed by atoms with Crippen molar-refractivity contribution in [3.05, 3.63) is 34.4 Å². The van der Waals surface area contributed by atoms with Crippen molar-refractivity contribution in [2.45, 2.75) is 31.2 Å². The molecule has 3 N–H and O–H groups in total. The van der Waals surface area contributed by atoms with Gasteiger partial charge in [0.1, 0.15) is 0 Å². The van der Waals surface area contributed by atoms with E-state index >= 15 is 0 Å². The van der Waals surface area contributed by atoms with E-state index in [4.69, 9.17) is 9.84 Å². The topological polar surface area (TPSA) is 131 Å². The second kappa shape index (κ2) is 8.43. The number of benzene rings is 1. The number of aliphatic carboxylic acids is 1. The second-order valence-corrected chi connectivity index (χ2v) is 6.04. The van der Waals surface area contributed by atoms with Crippen LogP contribution in [0.15, 0.2) is 24.3 Å². The number of rotatable bonds is 9. The van der Waals surface area contributed by atoms with Crippen LogP contribution in [0.2, 0.25) is 0 Å². The summed E-state index contributed by atoms with van der Waals surface area (Å²) in [5.41, 5.74) is -0.0562. The highest BCUT2D eigenvalue weighted by Crippen LogP contribution is 2.23. The summed E-state index contributed by atoms with van der Waals surface area (Å²) < 4.78 is 5.23. The minimum atomic E-state index is -0.967. The van der Waals surface area contributed by atoms with Crippen molar-refractivity contribution >= 4 is 23.3 Å². The van der Waals surface area contributed by atoms with Crippen LogP contribution in [0.25, 0.3) is 0 Å². The Kier molecular flexibility index (Phi) is 6.29. The second-order valence-electron chi connectivity index (χ2n) is 6.04. The van der Waals surface area contributed by atoms with E-state index < -0.39 is 16.4 Å². The Bertz CT molecular complexity index is 625. The molecule has 0 radical (unpaired) electrons. The molecule has 9 nitrogen and oxygen atoms in total. The van der Waals surface area contributed by atoms with Gasteiger partial charge in [-0.3, -0.25) is 19.7 Å². The number of nitrogens with one attached hydrogen (secondary N) is 2. The number of hydrogen-bond acceptors (Lipinski definition) is 6. The highest BCUT2D eigenvalue weighted by Gasteiger charge is 2.38. The molecular weight excluding hydrogens is 330 g/mol. The lowest BCUT2D eigenvalue weighted by atomic mass is 9.94. The van der Waals surface area contributed by atoms with E-state index in [0.717, 1.165) is 5.69 Å². The van der Waals surface area contributed by atoms with Gasteiger partial charge in [-0.05, 0) is 25.0 Å². The van der Waals surface area contributed by atoms with E-state index in [1.54, 1.807) is 12.1 Å². The van der Waals surface area contributed by atoms with Gasteiger partial charge in [-0.1, -0.05) is 0 Å². The third-order valence-corrected chi connectivity index (χ3v) is 3.99. The van der Waals surface area contributed by atoms with Gasteiger partial charge >= 0.3 is 5.97 Å². The van der Waals surface area contributed by atoms with Crippen LogP contribution < -0.4 is 10.6 Å². The number of carbonyl (C=O) groups is 2. The van der Waals surface area contributed by atoms with Crippen LogP contribution in [-0.2, 0) is 14.3 Å². The van der Waals surface area contributed by atoms with Crippen molar-refractivity contribution in [3.63, 3.8) is 0 Å². The molecule has 136 valence electrons. The van der Waals surface area contributed by atoms with Gasteiger partial charge in [-0.25, -0.2) is 0 Å². The quantitative estimate of drug-likeness (QED) is 0.349. The molecular formula is C16H21N3O6. The molecule has 0 saturated carbocycles. The zero-order valence-corrected chi connectivity index (χ0v) is 13.7. The first-order valence-electron chi connectivity index (χ1n) is 7.99. The number of nitro benzene ring substituents is 1. The van der Waals surface area contributed by atoms with Crippen LogP contribution in [0.5, 0.6) is 0 Å². The zero-order valence-electron chi connectivity index (χ0n) is 13.7. The average Bonchev–Trinajstić information content (AvgIpc) is 2.99. The van der Waals surface area contributed by atoms with Gasteiger partial charge in [-0.2, -0.15) is 0 Å². The number of nitro groups is 1. The lowest BCUT2D eigenvalue weighted by molar-refractivity contribution is -0.384. The number of hydrogen-bond donors (Lipinski definition) is 3. The predicted octanol–water partition coefficient (Wildman–Crippen LogP) is 1.54. The summed E-state index contributed by atoms with van der Waals surface area (Å²) in [5, 5.41) is 25.4. The van der Waals surface area contributed by atoms with Gasteiger partial charge in [-0.15, -0.1) is 0 Å². The third kappa shape index (κ3) is 5.71. The molecule has 25 heavy (non-hydrogen) atoms. The highest BCUT2D eigenvalue weighted by atomic mass is 16.6. The average molecular weight is 351 g/mol. The van der Waals surface area contributed by atoms with Crippen LogP contribution in [-0.4, -0.2) is 47.2 Å². The number of non-ortho nitro benzene ring substituents is 1. The van der Waals surface area contributed by atoms with Crippen LogP contribution in [0.4, 0.5) is 11.4 Å². The van der Waals surface area contributed by atoms with Gasteiger partial charge in [0.25, 0.3) is 5.69 Å². The SMILES string of the molecule is O=C(O)CC1(NC(=O)CCCNc2ccc([N+](=O)[O-])cc2)CCOC1. The number of carbonyl (C=O) groups excluding carboxylic acids is 1. The maximum absolute atomic E-state index is 12.1. The molecule has 0 spiro atoms. The molecule has 2 rings (SSSR count). The summed E-state index contributed by atoms with van der Waals surface area (Å²) in [7, 11) is 0. The van der Waals surface area contributed by atoms with Gasteiger partial charge in [0.05, 0.1) is 23.5 Å². The van der Waals surface area contributed by atoms with Crippen LogP contribution >= 0.6 is 0 Å². The summed E-state index contributed by atoms with van der Waals surface area (Å²) in [6.45, 7) is 1.18. The lowest BCUT2D eigenvalue weighted by Crippen LogP contribution is -2.50. The summed E-state index contributed by atoms with van der Waals surface area (Å²) >= 11 is 0. The Morgan fingerprint density at radius 1 is 1.32 bits per heavy atom. The summed E-state index contributed by atoms with van der Waals surface area (Å²) in [6.07, 6.45) is 1.14. The third-order valence-electron chi connectivity index (χ3n) is 3.99. The predicted molar refractivity (Wildman–Crippen MR) is 89.4 cm³/mol. The zero-order chi connectivity index (χ0) is 18.3. The number of nitrogens with zero attached hydrogens (tertiary/aromatic N) is 1. The minimum Gasteiger partial charge on any atom is -0.481 e.